The maximum atomic E-state index is 12.2. The zero-order valence-electron chi connectivity index (χ0n) is 11.9. The summed E-state index contributed by atoms with van der Waals surface area (Å²) in [5.41, 5.74) is 8.80. The van der Waals surface area contributed by atoms with Gasteiger partial charge in [-0.2, -0.15) is 0 Å². The predicted molar refractivity (Wildman–Crippen MR) is 86.0 cm³/mol. The number of hydrogen-bond donors (Lipinski definition) is 2. The van der Waals surface area contributed by atoms with Gasteiger partial charge >= 0.3 is 0 Å². The van der Waals surface area contributed by atoms with Gasteiger partial charge in [0.05, 0.1) is 10.9 Å². The molecule has 0 aliphatic carbocycles. The molecule has 21 heavy (non-hydrogen) atoms. The molecule has 0 unspecified atom stereocenters. The number of aromatic nitrogens is 2. The van der Waals surface area contributed by atoms with E-state index in [0.717, 1.165) is 11.3 Å². The number of aryl methyl sites for hydroxylation is 1. The normalized spacial score (nSPS) is 10.8. The first kappa shape index (κ1) is 13.2. The highest BCUT2D eigenvalue weighted by molar-refractivity contribution is 5.82. The molecule has 0 radical (unpaired) electrons. The molecule has 0 aliphatic heterocycles. The number of fused-ring (bicyclic) bond motifs is 1. The minimum Gasteiger partial charge on any atom is -0.399 e. The fraction of sp³-hybridized carbons (Fsp3) is 0.125. The molecule has 0 spiro atoms. The summed E-state index contributed by atoms with van der Waals surface area (Å²) < 4.78 is 0. The molecule has 0 fully saturated rings. The molecule has 0 bridgehead atoms. The van der Waals surface area contributed by atoms with Crippen LogP contribution >= 0.6 is 0 Å². The van der Waals surface area contributed by atoms with E-state index in [9.17, 15) is 4.79 Å². The Hall–Kier alpha value is -2.82. The summed E-state index contributed by atoms with van der Waals surface area (Å²) in [5, 5.41) is 0.497. The van der Waals surface area contributed by atoms with E-state index in [1.54, 1.807) is 18.2 Å². The smallest absolute Gasteiger partial charge is 0.260 e. The van der Waals surface area contributed by atoms with Gasteiger partial charge in [0.2, 0.25) is 5.95 Å². The number of benzene rings is 2. The van der Waals surface area contributed by atoms with Crippen molar-refractivity contribution < 1.29 is 0 Å². The van der Waals surface area contributed by atoms with Gasteiger partial charge in [0.1, 0.15) is 0 Å². The van der Waals surface area contributed by atoms with E-state index in [2.05, 4.69) is 9.97 Å². The Labute approximate surface area is 122 Å². The van der Waals surface area contributed by atoms with Gasteiger partial charge < -0.3 is 10.6 Å². The Bertz CT molecular complexity index is 870. The summed E-state index contributed by atoms with van der Waals surface area (Å²) in [7, 11) is 1.88. The Morgan fingerprint density at radius 1 is 1.19 bits per heavy atom. The van der Waals surface area contributed by atoms with Crippen molar-refractivity contribution in [3.63, 3.8) is 0 Å². The molecule has 0 saturated heterocycles. The standard InChI is InChI=1S/C16H16N4O/c1-10-5-3-4-6-14(10)20(2)16-18-13-8-7-11(17)9-12(13)15(21)19-16/h3-9H,17H2,1-2H3,(H,18,19,21). The second-order valence-corrected chi connectivity index (χ2v) is 5.01. The summed E-state index contributed by atoms with van der Waals surface area (Å²) in [6, 6.07) is 13.1. The predicted octanol–water partition coefficient (Wildman–Crippen LogP) is 2.58. The number of nitrogens with two attached hydrogens (primary N) is 1. The van der Waals surface area contributed by atoms with Crippen molar-refractivity contribution in [3.8, 4) is 0 Å². The van der Waals surface area contributed by atoms with E-state index in [1.165, 1.54) is 0 Å². The number of rotatable bonds is 2. The van der Waals surface area contributed by atoms with Crippen molar-refractivity contribution in [3.05, 3.63) is 58.4 Å². The van der Waals surface area contributed by atoms with Gasteiger partial charge in [0, 0.05) is 18.4 Å². The number of nitrogens with zero attached hydrogens (tertiary/aromatic N) is 2. The van der Waals surface area contributed by atoms with Gasteiger partial charge in [-0.1, -0.05) is 18.2 Å². The number of hydrogen-bond acceptors (Lipinski definition) is 4. The Balaban J connectivity index is 2.15. The maximum Gasteiger partial charge on any atom is 0.260 e. The zero-order valence-corrected chi connectivity index (χ0v) is 11.9. The van der Waals surface area contributed by atoms with Crippen LogP contribution < -0.4 is 16.2 Å². The highest BCUT2D eigenvalue weighted by atomic mass is 16.1. The fourth-order valence-corrected chi connectivity index (χ4v) is 2.36. The lowest BCUT2D eigenvalue weighted by Gasteiger charge is -2.20. The number of aromatic amines is 1. The van der Waals surface area contributed by atoms with Crippen molar-refractivity contribution in [2.24, 2.45) is 0 Å². The minimum atomic E-state index is -0.192. The minimum absolute atomic E-state index is 0.192. The molecule has 5 nitrogen and oxygen atoms in total. The molecule has 2 aromatic carbocycles. The first-order valence-electron chi connectivity index (χ1n) is 6.65. The third kappa shape index (κ3) is 2.33. The zero-order chi connectivity index (χ0) is 15.0. The monoisotopic (exact) mass is 280 g/mol. The van der Waals surface area contributed by atoms with Crippen LogP contribution in [0, 0.1) is 6.92 Å². The molecule has 0 amide bonds. The molecule has 0 aliphatic rings. The second-order valence-electron chi connectivity index (χ2n) is 5.01. The van der Waals surface area contributed by atoms with Crippen molar-refractivity contribution in [1.29, 1.82) is 0 Å². The molecule has 0 saturated carbocycles. The second kappa shape index (κ2) is 4.94. The maximum absolute atomic E-state index is 12.2. The Kier molecular flexibility index (Phi) is 3.10. The lowest BCUT2D eigenvalue weighted by atomic mass is 10.2. The average molecular weight is 280 g/mol. The van der Waals surface area contributed by atoms with Gasteiger partial charge in [0.15, 0.2) is 0 Å². The number of H-pyrrole nitrogens is 1. The van der Waals surface area contributed by atoms with E-state index < -0.39 is 0 Å². The van der Waals surface area contributed by atoms with Crippen LogP contribution in [0.3, 0.4) is 0 Å². The van der Waals surface area contributed by atoms with E-state index in [0.29, 0.717) is 22.5 Å². The number of para-hydroxylation sites is 1. The largest absolute Gasteiger partial charge is 0.399 e. The van der Waals surface area contributed by atoms with Crippen molar-refractivity contribution >= 4 is 28.2 Å². The first-order chi connectivity index (χ1) is 10.1. The third-order valence-electron chi connectivity index (χ3n) is 3.51. The first-order valence-corrected chi connectivity index (χ1v) is 6.65. The summed E-state index contributed by atoms with van der Waals surface area (Å²) in [5.74, 6) is 0.506. The average Bonchev–Trinajstić information content (AvgIpc) is 2.47. The lowest BCUT2D eigenvalue weighted by Crippen LogP contribution is -2.19. The van der Waals surface area contributed by atoms with Gasteiger partial charge in [0.25, 0.3) is 5.56 Å². The molecular weight excluding hydrogens is 264 g/mol. The quantitative estimate of drug-likeness (QED) is 0.707. The van der Waals surface area contributed by atoms with Crippen LogP contribution in [-0.4, -0.2) is 17.0 Å². The highest BCUT2D eigenvalue weighted by Crippen LogP contribution is 2.24. The SMILES string of the molecule is Cc1ccccc1N(C)c1nc2ccc(N)cc2c(=O)[nH]1. The third-order valence-corrected chi connectivity index (χ3v) is 3.51. The van der Waals surface area contributed by atoms with Crippen LogP contribution in [0.15, 0.2) is 47.3 Å². The highest BCUT2D eigenvalue weighted by Gasteiger charge is 2.11. The lowest BCUT2D eigenvalue weighted by molar-refractivity contribution is 1.04. The van der Waals surface area contributed by atoms with Crippen molar-refractivity contribution in [2.75, 3.05) is 17.7 Å². The van der Waals surface area contributed by atoms with Crippen LogP contribution in [0.25, 0.3) is 10.9 Å². The van der Waals surface area contributed by atoms with E-state index in [-0.39, 0.29) is 5.56 Å². The van der Waals surface area contributed by atoms with Gasteiger partial charge in [-0.3, -0.25) is 9.78 Å². The summed E-state index contributed by atoms with van der Waals surface area (Å²) in [6.07, 6.45) is 0. The molecule has 1 aromatic heterocycles. The van der Waals surface area contributed by atoms with Crippen LogP contribution in [0.2, 0.25) is 0 Å². The van der Waals surface area contributed by atoms with Gasteiger partial charge in [-0.15, -0.1) is 0 Å². The topological polar surface area (TPSA) is 75.0 Å². The van der Waals surface area contributed by atoms with Crippen LogP contribution in [0.4, 0.5) is 17.3 Å². The molecule has 5 heteroatoms. The van der Waals surface area contributed by atoms with Crippen LogP contribution in [0.1, 0.15) is 5.56 Å². The molecular formula is C16H16N4O. The molecule has 3 rings (SSSR count). The summed E-state index contributed by atoms with van der Waals surface area (Å²) in [6.45, 7) is 2.02. The molecule has 3 N–H and O–H groups in total. The Morgan fingerprint density at radius 2 is 1.95 bits per heavy atom. The number of anilines is 3. The number of nitrogens with one attached hydrogen (secondary N) is 1. The van der Waals surface area contributed by atoms with E-state index >= 15 is 0 Å². The van der Waals surface area contributed by atoms with Crippen LogP contribution in [-0.2, 0) is 0 Å². The van der Waals surface area contributed by atoms with Crippen LogP contribution in [0.5, 0.6) is 0 Å². The van der Waals surface area contributed by atoms with Crippen molar-refractivity contribution in [1.82, 2.24) is 9.97 Å². The van der Waals surface area contributed by atoms with Crippen molar-refractivity contribution in [2.45, 2.75) is 6.92 Å². The molecule has 3 aromatic rings. The fourth-order valence-electron chi connectivity index (χ4n) is 2.36. The molecule has 106 valence electrons. The Morgan fingerprint density at radius 3 is 2.71 bits per heavy atom. The summed E-state index contributed by atoms with van der Waals surface area (Å²) >= 11 is 0. The van der Waals surface area contributed by atoms with Gasteiger partial charge in [-0.05, 0) is 36.8 Å². The molecule has 0 atom stereocenters. The van der Waals surface area contributed by atoms with E-state index in [4.69, 9.17) is 5.73 Å². The summed E-state index contributed by atoms with van der Waals surface area (Å²) in [4.78, 5) is 21.4. The van der Waals surface area contributed by atoms with E-state index in [1.807, 2.05) is 43.1 Å². The molecule has 1 heterocycles. The number of nitrogen functional groups attached to an aromatic ring is 1. The van der Waals surface area contributed by atoms with Gasteiger partial charge in [-0.25, -0.2) is 4.98 Å².